The van der Waals surface area contributed by atoms with E-state index in [0.29, 0.717) is 17.9 Å². The number of nitrogens with zero attached hydrogens (tertiary/aromatic N) is 1. The van der Waals surface area contributed by atoms with E-state index in [2.05, 4.69) is 5.32 Å². The molecule has 1 heterocycles. The first-order valence-electron chi connectivity index (χ1n) is 7.36. The van der Waals surface area contributed by atoms with Crippen LogP contribution in [0, 0.1) is 0 Å². The minimum Gasteiger partial charge on any atom is -0.478 e. The Morgan fingerprint density at radius 1 is 1.45 bits per heavy atom. The lowest BCUT2D eigenvalue weighted by molar-refractivity contribution is -0.128. The van der Waals surface area contributed by atoms with E-state index in [0.717, 1.165) is 12.7 Å². The molecule has 6 nitrogen and oxygen atoms in total. The molecule has 0 aliphatic carbocycles. The smallest absolute Gasteiger partial charge is 0.261 e. The van der Waals surface area contributed by atoms with Crippen molar-refractivity contribution in [1.29, 1.82) is 0 Å². The molecular weight excluding hydrogens is 304 g/mol. The van der Waals surface area contributed by atoms with Crippen LogP contribution in [0.1, 0.15) is 26.7 Å². The number of amides is 1. The number of nitrogens with one attached hydrogen (secondary N) is 1. The van der Waals surface area contributed by atoms with E-state index in [-0.39, 0.29) is 18.5 Å². The second-order valence-electron chi connectivity index (χ2n) is 5.52. The molecule has 122 valence electrons. The maximum absolute atomic E-state index is 12.3. The normalized spacial score (nSPS) is 19.6. The van der Waals surface area contributed by atoms with Crippen LogP contribution in [0.15, 0.2) is 24.3 Å². The molecule has 0 fully saturated rings. The van der Waals surface area contributed by atoms with Crippen LogP contribution in [-0.4, -0.2) is 39.3 Å². The van der Waals surface area contributed by atoms with Gasteiger partial charge in [-0.3, -0.25) is 9.10 Å². The molecule has 7 heteroatoms. The quantitative estimate of drug-likeness (QED) is 0.910. The SMILES string of the molecule is CC[C@@H](C)NC(=O)[C@@H]1CCN(S(C)(=O)=O)c2ccccc2O1. The zero-order valence-corrected chi connectivity index (χ0v) is 13.9. The van der Waals surface area contributed by atoms with Crippen molar-refractivity contribution in [2.24, 2.45) is 0 Å². The minimum absolute atomic E-state index is 0.0561. The molecule has 1 aliphatic rings. The van der Waals surface area contributed by atoms with Crippen LogP contribution < -0.4 is 14.4 Å². The Labute approximate surface area is 131 Å². The number of para-hydroxylation sites is 2. The first-order valence-corrected chi connectivity index (χ1v) is 9.21. The number of hydrogen-bond donors (Lipinski definition) is 1. The van der Waals surface area contributed by atoms with Crippen molar-refractivity contribution >= 4 is 21.6 Å². The summed E-state index contributed by atoms with van der Waals surface area (Å²) in [4.78, 5) is 12.3. The molecule has 1 N–H and O–H groups in total. The number of anilines is 1. The fourth-order valence-electron chi connectivity index (χ4n) is 2.30. The molecule has 0 radical (unpaired) electrons. The molecular formula is C15H22N2O4S. The van der Waals surface area contributed by atoms with Gasteiger partial charge in [0.25, 0.3) is 5.91 Å². The summed E-state index contributed by atoms with van der Waals surface area (Å²) in [6.45, 7) is 4.12. The van der Waals surface area contributed by atoms with Crippen molar-refractivity contribution in [3.63, 3.8) is 0 Å². The Morgan fingerprint density at radius 2 is 2.14 bits per heavy atom. The predicted octanol–water partition coefficient (Wildman–Crippen LogP) is 1.52. The van der Waals surface area contributed by atoms with Crippen molar-refractivity contribution in [1.82, 2.24) is 5.32 Å². The van der Waals surface area contributed by atoms with Crippen LogP contribution in [-0.2, 0) is 14.8 Å². The van der Waals surface area contributed by atoms with Gasteiger partial charge in [-0.2, -0.15) is 0 Å². The predicted molar refractivity (Wildman–Crippen MR) is 85.6 cm³/mol. The van der Waals surface area contributed by atoms with Crippen LogP contribution in [0.5, 0.6) is 5.75 Å². The topological polar surface area (TPSA) is 75.7 Å². The number of fused-ring (bicyclic) bond motifs is 1. The lowest BCUT2D eigenvalue weighted by atomic mass is 10.2. The second-order valence-corrected chi connectivity index (χ2v) is 7.42. The molecule has 2 atom stereocenters. The second kappa shape index (κ2) is 6.56. The van der Waals surface area contributed by atoms with E-state index in [1.165, 1.54) is 4.31 Å². The van der Waals surface area contributed by atoms with E-state index in [4.69, 9.17) is 4.74 Å². The third-order valence-corrected chi connectivity index (χ3v) is 4.87. The molecule has 0 aromatic heterocycles. The Kier molecular flexibility index (Phi) is 4.95. The Morgan fingerprint density at radius 3 is 2.77 bits per heavy atom. The maximum atomic E-state index is 12.3. The van der Waals surface area contributed by atoms with E-state index in [9.17, 15) is 13.2 Å². The summed E-state index contributed by atoms with van der Waals surface area (Å²) in [6, 6.07) is 6.93. The molecule has 2 rings (SSSR count). The number of rotatable bonds is 4. The van der Waals surface area contributed by atoms with Crippen molar-refractivity contribution in [2.75, 3.05) is 17.1 Å². The minimum atomic E-state index is -3.42. The van der Waals surface area contributed by atoms with E-state index in [1.54, 1.807) is 24.3 Å². The van der Waals surface area contributed by atoms with Gasteiger partial charge in [0.1, 0.15) is 5.75 Å². The molecule has 0 bridgehead atoms. The fourth-order valence-corrected chi connectivity index (χ4v) is 3.24. The molecule has 1 amide bonds. The number of ether oxygens (including phenoxy) is 1. The standard InChI is InChI=1S/C15H22N2O4S/c1-4-11(2)16-15(18)14-9-10-17(22(3,19)20)12-7-5-6-8-13(12)21-14/h5-8,11,14H,4,9-10H2,1-3H3,(H,16,18)/t11-,14+/m1/s1. The highest BCUT2D eigenvalue weighted by Crippen LogP contribution is 2.33. The number of hydrogen-bond acceptors (Lipinski definition) is 4. The van der Waals surface area contributed by atoms with E-state index >= 15 is 0 Å². The lowest BCUT2D eigenvalue weighted by Gasteiger charge is -2.20. The first kappa shape index (κ1) is 16.6. The number of benzene rings is 1. The Balaban J connectivity index is 2.28. The van der Waals surface area contributed by atoms with Crippen LogP contribution in [0.3, 0.4) is 0 Å². The average molecular weight is 326 g/mol. The van der Waals surface area contributed by atoms with Gasteiger partial charge < -0.3 is 10.1 Å². The van der Waals surface area contributed by atoms with Crippen LogP contribution in [0.2, 0.25) is 0 Å². The van der Waals surface area contributed by atoms with Crippen LogP contribution in [0.25, 0.3) is 0 Å². The molecule has 0 unspecified atom stereocenters. The van der Waals surface area contributed by atoms with Gasteiger partial charge in [-0.15, -0.1) is 0 Å². The van der Waals surface area contributed by atoms with E-state index < -0.39 is 16.1 Å². The highest BCUT2D eigenvalue weighted by molar-refractivity contribution is 7.92. The van der Waals surface area contributed by atoms with Gasteiger partial charge in [0.15, 0.2) is 6.10 Å². The van der Waals surface area contributed by atoms with Gasteiger partial charge in [0.05, 0.1) is 11.9 Å². The number of carbonyl (C=O) groups excluding carboxylic acids is 1. The van der Waals surface area contributed by atoms with E-state index in [1.807, 2.05) is 13.8 Å². The van der Waals surface area contributed by atoms with Crippen molar-refractivity contribution < 1.29 is 17.9 Å². The number of sulfonamides is 1. The molecule has 1 aliphatic heterocycles. The van der Waals surface area contributed by atoms with Gasteiger partial charge in [-0.05, 0) is 25.5 Å². The van der Waals surface area contributed by atoms with Gasteiger partial charge in [0, 0.05) is 19.0 Å². The summed E-state index contributed by atoms with van der Waals surface area (Å²) in [6.07, 6.45) is 1.60. The maximum Gasteiger partial charge on any atom is 0.261 e. The summed E-state index contributed by atoms with van der Waals surface area (Å²) in [5, 5.41) is 2.88. The van der Waals surface area contributed by atoms with Gasteiger partial charge in [0.2, 0.25) is 10.0 Å². The molecule has 0 spiro atoms. The zero-order chi connectivity index (χ0) is 16.3. The van der Waals surface area contributed by atoms with Gasteiger partial charge in [-0.1, -0.05) is 19.1 Å². The Bertz CT molecular complexity index is 645. The van der Waals surface area contributed by atoms with Crippen LogP contribution in [0.4, 0.5) is 5.69 Å². The largest absolute Gasteiger partial charge is 0.478 e. The van der Waals surface area contributed by atoms with Gasteiger partial charge in [-0.25, -0.2) is 8.42 Å². The summed E-state index contributed by atoms with van der Waals surface area (Å²) in [5.41, 5.74) is 0.476. The van der Waals surface area contributed by atoms with Crippen molar-refractivity contribution in [3.05, 3.63) is 24.3 Å². The molecule has 0 saturated carbocycles. The third-order valence-electron chi connectivity index (χ3n) is 3.69. The number of carbonyl (C=O) groups is 1. The monoisotopic (exact) mass is 326 g/mol. The summed E-state index contributed by atoms with van der Waals surface area (Å²) in [7, 11) is -3.42. The third kappa shape index (κ3) is 3.71. The summed E-state index contributed by atoms with van der Waals surface area (Å²) in [5.74, 6) is 0.203. The first-order chi connectivity index (χ1) is 10.3. The van der Waals surface area contributed by atoms with Crippen molar-refractivity contribution in [3.8, 4) is 5.75 Å². The summed E-state index contributed by atoms with van der Waals surface area (Å²) < 4.78 is 31.0. The summed E-state index contributed by atoms with van der Waals surface area (Å²) >= 11 is 0. The fraction of sp³-hybridized carbons (Fsp3) is 0.533. The Hall–Kier alpha value is -1.76. The van der Waals surface area contributed by atoms with Crippen molar-refractivity contribution in [2.45, 2.75) is 38.8 Å². The van der Waals surface area contributed by atoms with Crippen LogP contribution >= 0.6 is 0 Å². The highest BCUT2D eigenvalue weighted by Gasteiger charge is 2.31. The molecule has 1 aromatic carbocycles. The lowest BCUT2D eigenvalue weighted by Crippen LogP contribution is -2.43. The molecule has 0 saturated heterocycles. The average Bonchev–Trinajstić information content (AvgIpc) is 2.66. The molecule has 22 heavy (non-hydrogen) atoms. The van der Waals surface area contributed by atoms with Gasteiger partial charge >= 0.3 is 0 Å². The molecule has 1 aromatic rings. The zero-order valence-electron chi connectivity index (χ0n) is 13.1. The highest BCUT2D eigenvalue weighted by atomic mass is 32.2.